The number of nitrogens with one attached hydrogen (secondary N) is 2. The maximum atomic E-state index is 13.6. The molecule has 138 valence electrons. The fourth-order valence-electron chi connectivity index (χ4n) is 2.74. The maximum Gasteiger partial charge on any atom is 0.228 e. The minimum Gasteiger partial charge on any atom is -0.496 e. The van der Waals surface area contributed by atoms with E-state index in [1.165, 1.54) is 6.07 Å². The molecule has 0 aliphatic rings. The van der Waals surface area contributed by atoms with E-state index < -0.39 is 0 Å². The minimum absolute atomic E-state index is 0.000473. The molecule has 1 amide bonds. The number of hydrogen-bond donors (Lipinski definition) is 2. The Morgan fingerprint density at radius 1 is 0.889 bits per heavy atom. The van der Waals surface area contributed by atoms with Gasteiger partial charge in [-0.15, -0.1) is 0 Å². The molecule has 0 bridgehead atoms. The summed E-state index contributed by atoms with van der Waals surface area (Å²) in [5, 5.41) is 6.10. The average Bonchev–Trinajstić information content (AvgIpc) is 2.69. The van der Waals surface area contributed by atoms with Crippen LogP contribution in [-0.2, 0) is 17.8 Å². The number of para-hydroxylation sites is 1. The largest absolute Gasteiger partial charge is 0.496 e. The molecule has 0 saturated carbocycles. The Labute approximate surface area is 158 Å². The molecular formula is C22H21FN2O2. The number of methoxy groups -OCH3 is 1. The third-order valence-electron chi connectivity index (χ3n) is 4.15. The van der Waals surface area contributed by atoms with Crippen molar-refractivity contribution in [3.8, 4) is 5.75 Å². The molecule has 3 aromatic rings. The van der Waals surface area contributed by atoms with Crippen molar-refractivity contribution in [3.05, 3.63) is 89.7 Å². The summed E-state index contributed by atoms with van der Waals surface area (Å²) in [6, 6.07) is 21.5. The lowest BCUT2D eigenvalue weighted by Gasteiger charge is -2.11. The van der Waals surface area contributed by atoms with E-state index in [0.717, 1.165) is 17.0 Å². The summed E-state index contributed by atoms with van der Waals surface area (Å²) in [5.74, 6) is 0.209. The second kappa shape index (κ2) is 8.85. The minimum atomic E-state index is -0.372. The predicted molar refractivity (Wildman–Crippen MR) is 105 cm³/mol. The van der Waals surface area contributed by atoms with Crippen molar-refractivity contribution >= 4 is 17.3 Å². The van der Waals surface area contributed by atoms with E-state index in [9.17, 15) is 9.18 Å². The first-order valence-corrected chi connectivity index (χ1v) is 8.65. The number of carbonyl (C=O) groups excluding carboxylic acids is 1. The molecule has 0 spiro atoms. The molecule has 0 unspecified atom stereocenters. The van der Waals surface area contributed by atoms with Gasteiger partial charge in [0.2, 0.25) is 5.91 Å². The molecule has 0 aliphatic carbocycles. The summed E-state index contributed by atoms with van der Waals surface area (Å²) in [5.41, 5.74) is 3.03. The molecule has 0 saturated heterocycles. The van der Waals surface area contributed by atoms with Crippen LogP contribution in [0.15, 0.2) is 72.8 Å². The van der Waals surface area contributed by atoms with Crippen molar-refractivity contribution in [2.75, 3.05) is 17.7 Å². The number of amides is 1. The first-order chi connectivity index (χ1) is 13.2. The Balaban J connectivity index is 1.55. The van der Waals surface area contributed by atoms with Gasteiger partial charge in [0.1, 0.15) is 11.6 Å². The van der Waals surface area contributed by atoms with Gasteiger partial charge in [-0.1, -0.05) is 36.4 Å². The van der Waals surface area contributed by atoms with Gasteiger partial charge >= 0.3 is 0 Å². The third-order valence-corrected chi connectivity index (χ3v) is 4.15. The number of benzene rings is 3. The van der Waals surface area contributed by atoms with Gasteiger partial charge in [0.05, 0.1) is 13.5 Å². The highest BCUT2D eigenvalue weighted by Gasteiger charge is 2.08. The van der Waals surface area contributed by atoms with E-state index >= 15 is 0 Å². The molecule has 0 aromatic heterocycles. The van der Waals surface area contributed by atoms with E-state index in [-0.39, 0.29) is 18.1 Å². The Morgan fingerprint density at radius 2 is 1.52 bits per heavy atom. The molecule has 3 aromatic carbocycles. The topological polar surface area (TPSA) is 50.4 Å². The van der Waals surface area contributed by atoms with Crippen molar-refractivity contribution < 1.29 is 13.9 Å². The molecule has 3 rings (SSSR count). The van der Waals surface area contributed by atoms with Gasteiger partial charge in [-0.3, -0.25) is 4.79 Å². The lowest BCUT2D eigenvalue weighted by Crippen LogP contribution is -2.15. The standard InChI is InChI=1S/C22H21FN2O2/c1-27-21-9-5-3-7-17(21)15-24-18-10-12-19(13-11-18)25-22(26)14-16-6-2-4-8-20(16)23/h2-13,24H,14-15H2,1H3,(H,25,26). The molecule has 0 radical (unpaired) electrons. The van der Waals surface area contributed by atoms with E-state index in [4.69, 9.17) is 4.74 Å². The number of halogens is 1. The van der Waals surface area contributed by atoms with Crippen LogP contribution in [0, 0.1) is 5.82 Å². The lowest BCUT2D eigenvalue weighted by atomic mass is 10.1. The van der Waals surface area contributed by atoms with Crippen LogP contribution >= 0.6 is 0 Å². The van der Waals surface area contributed by atoms with Crippen molar-refractivity contribution in [2.24, 2.45) is 0 Å². The second-order valence-corrected chi connectivity index (χ2v) is 6.06. The summed E-state index contributed by atoms with van der Waals surface area (Å²) in [6.45, 7) is 0.628. The SMILES string of the molecule is COc1ccccc1CNc1ccc(NC(=O)Cc2ccccc2F)cc1. The molecule has 0 fully saturated rings. The van der Waals surface area contributed by atoms with Crippen LogP contribution < -0.4 is 15.4 Å². The number of rotatable bonds is 7. The normalized spacial score (nSPS) is 10.3. The van der Waals surface area contributed by atoms with Crippen LogP contribution in [0.3, 0.4) is 0 Å². The van der Waals surface area contributed by atoms with E-state index in [1.807, 2.05) is 48.5 Å². The summed E-state index contributed by atoms with van der Waals surface area (Å²) in [7, 11) is 1.65. The smallest absolute Gasteiger partial charge is 0.228 e. The highest BCUT2D eigenvalue weighted by Crippen LogP contribution is 2.20. The van der Waals surface area contributed by atoms with Crippen LogP contribution in [0.4, 0.5) is 15.8 Å². The molecule has 27 heavy (non-hydrogen) atoms. The Hall–Kier alpha value is -3.34. The maximum absolute atomic E-state index is 13.6. The van der Waals surface area contributed by atoms with Gasteiger partial charge in [0.15, 0.2) is 0 Å². The summed E-state index contributed by atoms with van der Waals surface area (Å²) in [4.78, 5) is 12.1. The zero-order valence-corrected chi connectivity index (χ0v) is 15.0. The monoisotopic (exact) mass is 364 g/mol. The van der Waals surface area contributed by atoms with Crippen molar-refractivity contribution in [1.82, 2.24) is 0 Å². The van der Waals surface area contributed by atoms with Gasteiger partial charge in [0, 0.05) is 23.5 Å². The second-order valence-electron chi connectivity index (χ2n) is 6.06. The highest BCUT2D eigenvalue weighted by molar-refractivity contribution is 5.92. The zero-order chi connectivity index (χ0) is 19.1. The Kier molecular flexibility index (Phi) is 6.05. The number of carbonyl (C=O) groups is 1. The fraction of sp³-hybridized carbons (Fsp3) is 0.136. The van der Waals surface area contributed by atoms with Crippen LogP contribution in [0.2, 0.25) is 0 Å². The Bertz CT molecular complexity index is 910. The predicted octanol–water partition coefficient (Wildman–Crippen LogP) is 4.63. The number of anilines is 2. The lowest BCUT2D eigenvalue weighted by molar-refractivity contribution is -0.115. The van der Waals surface area contributed by atoms with Crippen LogP contribution in [0.5, 0.6) is 5.75 Å². The number of hydrogen-bond acceptors (Lipinski definition) is 3. The molecule has 2 N–H and O–H groups in total. The average molecular weight is 364 g/mol. The van der Waals surface area contributed by atoms with Gasteiger partial charge in [-0.05, 0) is 42.0 Å². The van der Waals surface area contributed by atoms with Crippen LogP contribution in [0.1, 0.15) is 11.1 Å². The van der Waals surface area contributed by atoms with Crippen molar-refractivity contribution in [1.29, 1.82) is 0 Å². The fourth-order valence-corrected chi connectivity index (χ4v) is 2.74. The van der Waals surface area contributed by atoms with E-state index in [2.05, 4.69) is 10.6 Å². The van der Waals surface area contributed by atoms with E-state index in [1.54, 1.807) is 25.3 Å². The first-order valence-electron chi connectivity index (χ1n) is 8.65. The van der Waals surface area contributed by atoms with Crippen LogP contribution in [-0.4, -0.2) is 13.0 Å². The van der Waals surface area contributed by atoms with Crippen molar-refractivity contribution in [2.45, 2.75) is 13.0 Å². The summed E-state index contributed by atoms with van der Waals surface area (Å²) < 4.78 is 19.0. The first kappa shape index (κ1) is 18.5. The van der Waals surface area contributed by atoms with E-state index in [0.29, 0.717) is 17.8 Å². The quantitative estimate of drug-likeness (QED) is 0.643. The highest BCUT2D eigenvalue weighted by atomic mass is 19.1. The third kappa shape index (κ3) is 5.07. The summed E-state index contributed by atoms with van der Waals surface area (Å²) in [6.07, 6.45) is 0.000473. The molecular weight excluding hydrogens is 343 g/mol. The molecule has 0 heterocycles. The van der Waals surface area contributed by atoms with Crippen molar-refractivity contribution in [3.63, 3.8) is 0 Å². The van der Waals surface area contributed by atoms with Gasteiger partial charge in [-0.2, -0.15) is 0 Å². The van der Waals surface area contributed by atoms with Gasteiger partial charge in [-0.25, -0.2) is 4.39 Å². The molecule has 5 heteroatoms. The van der Waals surface area contributed by atoms with Gasteiger partial charge < -0.3 is 15.4 Å². The summed E-state index contributed by atoms with van der Waals surface area (Å²) >= 11 is 0. The van der Waals surface area contributed by atoms with Gasteiger partial charge in [0.25, 0.3) is 0 Å². The van der Waals surface area contributed by atoms with Crippen LogP contribution in [0.25, 0.3) is 0 Å². The molecule has 0 aliphatic heterocycles. The zero-order valence-electron chi connectivity index (χ0n) is 15.0. The number of ether oxygens (including phenoxy) is 1. The molecule has 4 nitrogen and oxygen atoms in total. The Morgan fingerprint density at radius 3 is 2.22 bits per heavy atom. The molecule has 0 atom stereocenters.